The van der Waals surface area contributed by atoms with E-state index in [-0.39, 0.29) is 0 Å². The standard InChI is InChI=1S/C11H26NO3P/c1-11(2)9-7-5-6-8-10-12-16(13,14-3)15-4/h11H,5-10H2,1-4H3,(H,12,13). The molecule has 0 saturated carbocycles. The molecule has 0 amide bonds. The Morgan fingerprint density at radius 2 is 1.62 bits per heavy atom. The second kappa shape index (κ2) is 9.17. The molecule has 0 saturated heterocycles. The smallest absolute Gasteiger partial charge is 0.300 e. The van der Waals surface area contributed by atoms with Crippen LogP contribution in [0.15, 0.2) is 0 Å². The summed E-state index contributed by atoms with van der Waals surface area (Å²) in [5.74, 6) is 0.792. The summed E-state index contributed by atoms with van der Waals surface area (Å²) in [4.78, 5) is 0. The topological polar surface area (TPSA) is 47.6 Å². The molecular formula is C11H26NO3P. The Hall–Kier alpha value is 0.110. The largest absolute Gasteiger partial charge is 0.404 e. The lowest BCUT2D eigenvalue weighted by Gasteiger charge is -2.14. The SMILES string of the molecule is COP(=O)(NCCCCCCC(C)C)OC. The van der Waals surface area contributed by atoms with Crippen molar-refractivity contribution in [3.8, 4) is 0 Å². The van der Waals surface area contributed by atoms with Crippen molar-refractivity contribution in [1.82, 2.24) is 5.09 Å². The van der Waals surface area contributed by atoms with Crippen molar-refractivity contribution < 1.29 is 13.6 Å². The van der Waals surface area contributed by atoms with E-state index in [1.165, 1.54) is 33.5 Å². The zero-order chi connectivity index (χ0) is 12.4. The molecule has 0 fully saturated rings. The summed E-state index contributed by atoms with van der Waals surface area (Å²) in [5, 5.41) is 2.81. The Kier molecular flexibility index (Phi) is 9.24. The molecule has 0 aliphatic heterocycles. The Bertz CT molecular complexity index is 201. The van der Waals surface area contributed by atoms with Crippen LogP contribution in [0.2, 0.25) is 0 Å². The van der Waals surface area contributed by atoms with Gasteiger partial charge in [0.15, 0.2) is 0 Å². The van der Waals surface area contributed by atoms with Gasteiger partial charge in [-0.2, -0.15) is 0 Å². The summed E-state index contributed by atoms with van der Waals surface area (Å²) in [6, 6.07) is 0. The van der Waals surface area contributed by atoms with Gasteiger partial charge in [0.05, 0.1) is 0 Å². The minimum Gasteiger partial charge on any atom is -0.300 e. The first-order chi connectivity index (χ1) is 7.54. The lowest BCUT2D eigenvalue weighted by molar-refractivity contribution is 0.264. The third-order valence-corrected chi connectivity index (χ3v) is 4.07. The van der Waals surface area contributed by atoms with E-state index in [4.69, 9.17) is 9.05 Å². The molecule has 0 heterocycles. The predicted octanol–water partition coefficient (Wildman–Crippen LogP) is 3.58. The second-order valence-electron chi connectivity index (χ2n) is 4.37. The van der Waals surface area contributed by atoms with Crippen LogP contribution >= 0.6 is 7.75 Å². The molecule has 0 rings (SSSR count). The molecule has 0 aromatic heterocycles. The lowest BCUT2D eigenvalue weighted by Crippen LogP contribution is -2.14. The molecule has 0 radical (unpaired) electrons. The highest BCUT2D eigenvalue weighted by Crippen LogP contribution is 2.41. The average molecular weight is 251 g/mol. The summed E-state index contributed by atoms with van der Waals surface area (Å²) in [6.45, 7) is 5.17. The van der Waals surface area contributed by atoms with E-state index < -0.39 is 7.75 Å². The van der Waals surface area contributed by atoms with Gasteiger partial charge in [-0.3, -0.25) is 0 Å². The van der Waals surface area contributed by atoms with E-state index in [1.54, 1.807) is 0 Å². The van der Waals surface area contributed by atoms with E-state index in [0.717, 1.165) is 18.8 Å². The van der Waals surface area contributed by atoms with Gasteiger partial charge in [0.25, 0.3) is 0 Å². The van der Waals surface area contributed by atoms with Gasteiger partial charge in [-0.05, 0) is 12.3 Å². The van der Waals surface area contributed by atoms with Gasteiger partial charge in [0, 0.05) is 20.8 Å². The van der Waals surface area contributed by atoms with Gasteiger partial charge >= 0.3 is 7.75 Å². The molecular weight excluding hydrogens is 225 g/mol. The number of unbranched alkanes of at least 4 members (excludes halogenated alkanes) is 3. The van der Waals surface area contributed by atoms with Gasteiger partial charge in [0.2, 0.25) is 0 Å². The minimum atomic E-state index is -3.00. The molecule has 5 heteroatoms. The van der Waals surface area contributed by atoms with Crippen LogP contribution in [0.1, 0.15) is 46.0 Å². The van der Waals surface area contributed by atoms with Crippen LogP contribution < -0.4 is 5.09 Å². The summed E-state index contributed by atoms with van der Waals surface area (Å²) in [7, 11) is -0.225. The van der Waals surface area contributed by atoms with Crippen molar-refractivity contribution in [2.45, 2.75) is 46.0 Å². The predicted molar refractivity (Wildman–Crippen MR) is 67.6 cm³/mol. The molecule has 0 aromatic rings. The first-order valence-electron chi connectivity index (χ1n) is 6.00. The molecule has 0 aliphatic rings. The average Bonchev–Trinajstić information content (AvgIpc) is 2.27. The Morgan fingerprint density at radius 3 is 2.12 bits per heavy atom. The van der Waals surface area contributed by atoms with Gasteiger partial charge in [-0.25, -0.2) is 9.65 Å². The maximum atomic E-state index is 11.6. The zero-order valence-electron chi connectivity index (χ0n) is 11.0. The van der Waals surface area contributed by atoms with E-state index in [2.05, 4.69) is 18.9 Å². The van der Waals surface area contributed by atoms with Crippen LogP contribution in [-0.2, 0) is 13.6 Å². The van der Waals surface area contributed by atoms with Crippen LogP contribution in [0, 0.1) is 5.92 Å². The summed E-state index contributed by atoms with van der Waals surface area (Å²) in [6.07, 6.45) is 5.98. The van der Waals surface area contributed by atoms with Crippen LogP contribution in [0.25, 0.3) is 0 Å². The quantitative estimate of drug-likeness (QED) is 0.476. The third kappa shape index (κ3) is 8.28. The Balaban J connectivity index is 3.36. The summed E-state index contributed by atoms with van der Waals surface area (Å²) >= 11 is 0. The fourth-order valence-electron chi connectivity index (χ4n) is 1.45. The van der Waals surface area contributed by atoms with E-state index >= 15 is 0 Å². The molecule has 16 heavy (non-hydrogen) atoms. The molecule has 98 valence electrons. The number of rotatable bonds is 10. The van der Waals surface area contributed by atoms with Crippen molar-refractivity contribution in [2.24, 2.45) is 5.92 Å². The van der Waals surface area contributed by atoms with E-state index in [9.17, 15) is 4.57 Å². The Morgan fingerprint density at radius 1 is 1.06 bits per heavy atom. The molecule has 0 unspecified atom stereocenters. The van der Waals surface area contributed by atoms with E-state index in [0.29, 0.717) is 6.54 Å². The molecule has 0 bridgehead atoms. The molecule has 1 N–H and O–H groups in total. The van der Waals surface area contributed by atoms with Crippen LogP contribution in [0.4, 0.5) is 0 Å². The fraction of sp³-hybridized carbons (Fsp3) is 1.00. The van der Waals surface area contributed by atoms with Gasteiger partial charge in [-0.15, -0.1) is 0 Å². The number of hydrogen-bond acceptors (Lipinski definition) is 3. The maximum Gasteiger partial charge on any atom is 0.404 e. The highest BCUT2D eigenvalue weighted by atomic mass is 31.2. The monoisotopic (exact) mass is 251 g/mol. The molecule has 0 spiro atoms. The highest BCUT2D eigenvalue weighted by molar-refractivity contribution is 7.51. The van der Waals surface area contributed by atoms with Crippen molar-refractivity contribution in [3.63, 3.8) is 0 Å². The van der Waals surface area contributed by atoms with Gasteiger partial charge in [0.1, 0.15) is 0 Å². The summed E-state index contributed by atoms with van der Waals surface area (Å²) in [5.41, 5.74) is 0. The molecule has 4 nitrogen and oxygen atoms in total. The van der Waals surface area contributed by atoms with Crippen molar-refractivity contribution >= 4 is 7.75 Å². The number of hydrogen-bond donors (Lipinski definition) is 1. The minimum absolute atomic E-state index is 0.681. The third-order valence-electron chi connectivity index (χ3n) is 2.49. The van der Waals surface area contributed by atoms with Gasteiger partial charge in [-0.1, -0.05) is 39.5 Å². The van der Waals surface area contributed by atoms with Crippen molar-refractivity contribution in [2.75, 3.05) is 20.8 Å². The van der Waals surface area contributed by atoms with Gasteiger partial charge < -0.3 is 9.05 Å². The lowest BCUT2D eigenvalue weighted by atomic mass is 10.0. The first-order valence-corrected chi connectivity index (χ1v) is 7.55. The number of nitrogens with one attached hydrogen (secondary N) is 1. The maximum absolute atomic E-state index is 11.6. The molecule has 0 atom stereocenters. The Labute approximate surface area is 99.7 Å². The van der Waals surface area contributed by atoms with Crippen molar-refractivity contribution in [1.29, 1.82) is 0 Å². The summed E-state index contributed by atoms with van der Waals surface area (Å²) < 4.78 is 21.1. The van der Waals surface area contributed by atoms with E-state index in [1.807, 2.05) is 0 Å². The second-order valence-corrected chi connectivity index (χ2v) is 6.41. The highest BCUT2D eigenvalue weighted by Gasteiger charge is 2.18. The fourth-order valence-corrected chi connectivity index (χ4v) is 2.29. The molecule has 0 aromatic carbocycles. The van der Waals surface area contributed by atoms with Crippen LogP contribution in [0.5, 0.6) is 0 Å². The van der Waals surface area contributed by atoms with Crippen LogP contribution in [0.3, 0.4) is 0 Å². The first kappa shape index (κ1) is 16.1. The molecule has 0 aliphatic carbocycles. The van der Waals surface area contributed by atoms with Crippen molar-refractivity contribution in [3.05, 3.63) is 0 Å². The van der Waals surface area contributed by atoms with Crippen LogP contribution in [-0.4, -0.2) is 20.8 Å². The zero-order valence-corrected chi connectivity index (χ0v) is 11.9. The normalized spacial score (nSPS) is 12.3.